The summed E-state index contributed by atoms with van der Waals surface area (Å²) in [7, 11) is 1.86. The lowest BCUT2D eigenvalue weighted by atomic mass is 9.96. The first kappa shape index (κ1) is 13.4. The van der Waals surface area contributed by atoms with Crippen molar-refractivity contribution in [3.05, 3.63) is 0 Å². The highest BCUT2D eigenvalue weighted by Gasteiger charge is 2.17. The Labute approximate surface area is 87.9 Å². The van der Waals surface area contributed by atoms with Crippen molar-refractivity contribution < 1.29 is 4.79 Å². The first-order chi connectivity index (χ1) is 6.22. The molecular weight excluding hydrogens is 176 g/mol. The van der Waals surface area contributed by atoms with Crippen LogP contribution in [-0.2, 0) is 4.79 Å². The average molecular weight is 200 g/mol. The van der Waals surface area contributed by atoms with E-state index in [4.69, 9.17) is 0 Å². The molecule has 0 saturated carbocycles. The van der Waals surface area contributed by atoms with Gasteiger partial charge in [0.25, 0.3) is 0 Å². The Morgan fingerprint density at radius 1 is 1.36 bits per heavy atom. The predicted octanol–water partition coefficient (Wildman–Crippen LogP) is 1.49. The number of nitrogens with zero attached hydrogens (tertiary/aromatic N) is 1. The molecule has 0 rings (SSSR count). The largest absolute Gasteiger partial charge is 0.344 e. The van der Waals surface area contributed by atoms with E-state index in [0.29, 0.717) is 12.6 Å². The molecule has 0 unspecified atom stereocenters. The van der Waals surface area contributed by atoms with Crippen LogP contribution < -0.4 is 5.32 Å². The van der Waals surface area contributed by atoms with Crippen molar-refractivity contribution in [2.24, 2.45) is 5.41 Å². The van der Waals surface area contributed by atoms with Gasteiger partial charge in [0.1, 0.15) is 0 Å². The van der Waals surface area contributed by atoms with Crippen LogP contribution >= 0.6 is 0 Å². The third-order valence-electron chi connectivity index (χ3n) is 1.80. The van der Waals surface area contributed by atoms with Crippen LogP contribution in [0.4, 0.5) is 0 Å². The number of rotatable bonds is 4. The molecule has 3 nitrogen and oxygen atoms in total. The summed E-state index contributed by atoms with van der Waals surface area (Å²) in [5.74, 6) is 0.161. The van der Waals surface area contributed by atoms with E-state index in [2.05, 4.69) is 26.1 Å². The van der Waals surface area contributed by atoms with Gasteiger partial charge in [-0.2, -0.15) is 0 Å². The molecule has 0 aromatic rings. The fourth-order valence-electron chi connectivity index (χ4n) is 1.23. The third-order valence-corrected chi connectivity index (χ3v) is 1.80. The van der Waals surface area contributed by atoms with Crippen LogP contribution in [0.5, 0.6) is 0 Å². The van der Waals surface area contributed by atoms with E-state index >= 15 is 0 Å². The maximum absolute atomic E-state index is 11.6. The summed E-state index contributed by atoms with van der Waals surface area (Å²) in [6.07, 6.45) is 0. The first-order valence-corrected chi connectivity index (χ1v) is 5.20. The standard InChI is InChI=1S/C11H24N2O/c1-9(2)12-7-10(14)13(6)8-11(3,4)5/h9,12H,7-8H2,1-6H3. The topological polar surface area (TPSA) is 32.3 Å². The monoisotopic (exact) mass is 200 g/mol. The molecule has 0 atom stereocenters. The summed E-state index contributed by atoms with van der Waals surface area (Å²) in [6.45, 7) is 11.7. The Morgan fingerprint density at radius 3 is 2.21 bits per heavy atom. The van der Waals surface area contributed by atoms with Gasteiger partial charge in [-0.25, -0.2) is 0 Å². The quantitative estimate of drug-likeness (QED) is 0.745. The molecule has 0 bridgehead atoms. The van der Waals surface area contributed by atoms with Gasteiger partial charge in [0.05, 0.1) is 6.54 Å². The van der Waals surface area contributed by atoms with Crippen molar-refractivity contribution in [2.45, 2.75) is 40.7 Å². The van der Waals surface area contributed by atoms with Crippen molar-refractivity contribution >= 4 is 5.91 Å². The Hall–Kier alpha value is -0.570. The van der Waals surface area contributed by atoms with Crippen LogP contribution in [0, 0.1) is 5.41 Å². The SMILES string of the molecule is CC(C)NCC(=O)N(C)CC(C)(C)C. The molecular formula is C11H24N2O. The molecule has 0 aliphatic rings. The maximum atomic E-state index is 11.6. The zero-order chi connectivity index (χ0) is 11.4. The van der Waals surface area contributed by atoms with Gasteiger partial charge in [-0.1, -0.05) is 34.6 Å². The van der Waals surface area contributed by atoms with Gasteiger partial charge in [0.15, 0.2) is 0 Å². The minimum atomic E-state index is 0.161. The number of nitrogens with one attached hydrogen (secondary N) is 1. The highest BCUT2D eigenvalue weighted by atomic mass is 16.2. The van der Waals surface area contributed by atoms with E-state index in [1.165, 1.54) is 0 Å². The zero-order valence-corrected chi connectivity index (χ0v) is 10.3. The fourth-order valence-corrected chi connectivity index (χ4v) is 1.23. The van der Waals surface area contributed by atoms with Crippen molar-refractivity contribution in [1.82, 2.24) is 10.2 Å². The second kappa shape index (κ2) is 5.35. The van der Waals surface area contributed by atoms with Gasteiger partial charge >= 0.3 is 0 Å². The predicted molar refractivity (Wildman–Crippen MR) is 60.2 cm³/mol. The van der Waals surface area contributed by atoms with E-state index in [-0.39, 0.29) is 11.3 Å². The van der Waals surface area contributed by atoms with Crippen molar-refractivity contribution in [2.75, 3.05) is 20.1 Å². The first-order valence-electron chi connectivity index (χ1n) is 5.20. The minimum Gasteiger partial charge on any atom is -0.344 e. The van der Waals surface area contributed by atoms with Crippen LogP contribution in [0.2, 0.25) is 0 Å². The van der Waals surface area contributed by atoms with Gasteiger partial charge in [0.2, 0.25) is 5.91 Å². The normalized spacial score (nSPS) is 11.9. The maximum Gasteiger partial charge on any atom is 0.236 e. The molecule has 0 aliphatic carbocycles. The molecule has 84 valence electrons. The van der Waals surface area contributed by atoms with Crippen LogP contribution in [-0.4, -0.2) is 37.0 Å². The molecule has 3 heteroatoms. The second-order valence-corrected chi connectivity index (χ2v) is 5.35. The lowest BCUT2D eigenvalue weighted by molar-refractivity contribution is -0.130. The van der Waals surface area contributed by atoms with Crippen molar-refractivity contribution in [3.63, 3.8) is 0 Å². The summed E-state index contributed by atoms with van der Waals surface area (Å²) in [6, 6.07) is 0.363. The van der Waals surface area contributed by atoms with Gasteiger partial charge in [-0.3, -0.25) is 4.79 Å². The molecule has 14 heavy (non-hydrogen) atoms. The van der Waals surface area contributed by atoms with Crippen LogP contribution in [0.3, 0.4) is 0 Å². The zero-order valence-electron chi connectivity index (χ0n) is 10.3. The van der Waals surface area contributed by atoms with E-state index < -0.39 is 0 Å². The summed E-state index contributed by atoms with van der Waals surface area (Å²) in [5, 5.41) is 3.12. The number of carbonyl (C=O) groups is 1. The molecule has 0 aromatic carbocycles. The Morgan fingerprint density at radius 2 is 1.86 bits per heavy atom. The highest BCUT2D eigenvalue weighted by molar-refractivity contribution is 5.78. The van der Waals surface area contributed by atoms with Crippen LogP contribution in [0.25, 0.3) is 0 Å². The molecule has 1 amide bonds. The number of carbonyl (C=O) groups excluding carboxylic acids is 1. The Balaban J connectivity index is 3.88. The van der Waals surface area contributed by atoms with Gasteiger partial charge < -0.3 is 10.2 Å². The summed E-state index contributed by atoms with van der Waals surface area (Å²) < 4.78 is 0. The Kier molecular flexibility index (Phi) is 5.13. The van der Waals surface area contributed by atoms with Gasteiger partial charge in [-0.15, -0.1) is 0 Å². The van der Waals surface area contributed by atoms with Crippen molar-refractivity contribution in [3.8, 4) is 0 Å². The van der Waals surface area contributed by atoms with Crippen LogP contribution in [0.1, 0.15) is 34.6 Å². The minimum absolute atomic E-state index is 0.161. The fraction of sp³-hybridized carbons (Fsp3) is 0.909. The molecule has 1 N–H and O–H groups in total. The molecule has 0 spiro atoms. The Bertz CT molecular complexity index is 182. The summed E-state index contributed by atoms with van der Waals surface area (Å²) in [5.41, 5.74) is 0.169. The average Bonchev–Trinajstić information content (AvgIpc) is 1.96. The molecule has 0 aromatic heterocycles. The molecule has 0 aliphatic heterocycles. The summed E-state index contributed by atoms with van der Waals surface area (Å²) in [4.78, 5) is 13.4. The van der Waals surface area contributed by atoms with Gasteiger partial charge in [-0.05, 0) is 5.41 Å². The van der Waals surface area contributed by atoms with E-state index in [1.807, 2.05) is 20.9 Å². The lowest BCUT2D eigenvalue weighted by Crippen LogP contribution is -2.41. The van der Waals surface area contributed by atoms with Crippen molar-refractivity contribution in [1.29, 1.82) is 0 Å². The van der Waals surface area contributed by atoms with Gasteiger partial charge in [0, 0.05) is 19.6 Å². The molecule has 0 radical (unpaired) electrons. The number of hydrogen-bond donors (Lipinski definition) is 1. The second-order valence-electron chi connectivity index (χ2n) is 5.35. The lowest BCUT2D eigenvalue weighted by Gasteiger charge is -2.27. The third kappa shape index (κ3) is 6.89. The van der Waals surface area contributed by atoms with E-state index in [9.17, 15) is 4.79 Å². The molecule has 0 saturated heterocycles. The van der Waals surface area contributed by atoms with Crippen LogP contribution in [0.15, 0.2) is 0 Å². The number of likely N-dealkylation sites (N-methyl/N-ethyl adjacent to an activating group) is 1. The van der Waals surface area contributed by atoms with E-state index in [1.54, 1.807) is 4.90 Å². The summed E-state index contributed by atoms with van der Waals surface area (Å²) >= 11 is 0. The molecule has 0 heterocycles. The number of hydrogen-bond acceptors (Lipinski definition) is 2. The number of amides is 1. The molecule has 0 fully saturated rings. The van der Waals surface area contributed by atoms with E-state index in [0.717, 1.165) is 6.54 Å². The smallest absolute Gasteiger partial charge is 0.236 e. The highest BCUT2D eigenvalue weighted by Crippen LogP contribution is 2.13.